The van der Waals surface area contributed by atoms with Crippen LogP contribution in [-0.2, 0) is 13.1 Å². The molecular weight excluding hydrogens is 298 g/mol. The predicted octanol–water partition coefficient (Wildman–Crippen LogP) is 3.55. The topological polar surface area (TPSA) is 32.5 Å². The number of piperidine rings is 1. The highest BCUT2D eigenvalue weighted by molar-refractivity contribution is 5.11. The highest BCUT2D eigenvalue weighted by atomic mass is 16.3. The van der Waals surface area contributed by atoms with Crippen molar-refractivity contribution in [2.45, 2.75) is 44.8 Å². The zero-order chi connectivity index (χ0) is 16.4. The molecule has 1 aliphatic carbocycles. The summed E-state index contributed by atoms with van der Waals surface area (Å²) in [6, 6.07) is 9.04. The Morgan fingerprint density at radius 2 is 2.00 bits per heavy atom. The van der Waals surface area contributed by atoms with Crippen LogP contribution >= 0.6 is 0 Å². The Hall–Kier alpha value is -1.65. The van der Waals surface area contributed by atoms with Crippen molar-refractivity contribution in [2.24, 2.45) is 5.41 Å². The van der Waals surface area contributed by atoms with E-state index in [1.807, 2.05) is 18.5 Å². The van der Waals surface area contributed by atoms with Crippen molar-refractivity contribution < 1.29 is 4.42 Å². The maximum Gasteiger partial charge on any atom is 0.117 e. The van der Waals surface area contributed by atoms with Crippen molar-refractivity contribution in [3.05, 3.63) is 54.2 Å². The molecule has 2 fully saturated rings. The second kappa shape index (κ2) is 6.69. The molecule has 3 heterocycles. The number of rotatable bonds is 5. The van der Waals surface area contributed by atoms with E-state index in [1.165, 1.54) is 44.3 Å². The standard InChI is InChI=1S/C20H27N3O/c1-22(16-18-3-2-14-24-18)19-4-7-20(19)8-12-23(13-9-20)15-17-5-10-21-11-6-17/h2-3,5-6,10-11,14,19H,4,7-9,12-13,15-16H2,1H3/t19-/m1/s1. The van der Waals surface area contributed by atoms with Crippen LogP contribution in [0.15, 0.2) is 47.3 Å². The minimum Gasteiger partial charge on any atom is -0.468 e. The average molecular weight is 325 g/mol. The average Bonchev–Trinajstić information content (AvgIpc) is 3.08. The first-order valence-electron chi connectivity index (χ1n) is 9.09. The third kappa shape index (κ3) is 3.13. The second-order valence-corrected chi connectivity index (χ2v) is 7.54. The lowest BCUT2D eigenvalue weighted by molar-refractivity contribution is -0.0648. The first-order valence-corrected chi connectivity index (χ1v) is 9.09. The van der Waals surface area contributed by atoms with E-state index >= 15 is 0 Å². The quantitative estimate of drug-likeness (QED) is 0.841. The van der Waals surface area contributed by atoms with Crippen LogP contribution in [0.5, 0.6) is 0 Å². The summed E-state index contributed by atoms with van der Waals surface area (Å²) in [5.41, 5.74) is 1.91. The van der Waals surface area contributed by atoms with Gasteiger partial charge in [-0.15, -0.1) is 0 Å². The summed E-state index contributed by atoms with van der Waals surface area (Å²) in [4.78, 5) is 9.23. The molecule has 4 rings (SSSR count). The molecule has 2 aromatic heterocycles. The van der Waals surface area contributed by atoms with Crippen LogP contribution in [0.4, 0.5) is 0 Å². The summed E-state index contributed by atoms with van der Waals surface area (Å²) in [6.45, 7) is 4.42. The van der Waals surface area contributed by atoms with E-state index in [0.717, 1.165) is 18.8 Å². The van der Waals surface area contributed by atoms with E-state index in [0.29, 0.717) is 11.5 Å². The summed E-state index contributed by atoms with van der Waals surface area (Å²) in [5, 5.41) is 0. The smallest absolute Gasteiger partial charge is 0.117 e. The summed E-state index contributed by atoms with van der Waals surface area (Å²) in [6.07, 6.45) is 10.9. The third-order valence-electron chi connectivity index (χ3n) is 6.15. The highest BCUT2D eigenvalue weighted by Gasteiger charge is 2.49. The SMILES string of the molecule is CN(Cc1ccco1)[C@@H]1CCC12CCN(Cc1ccncc1)CC2. The largest absolute Gasteiger partial charge is 0.468 e. The molecule has 4 heteroatoms. The van der Waals surface area contributed by atoms with Crippen LogP contribution in [0, 0.1) is 5.41 Å². The number of aromatic nitrogens is 1. The molecule has 0 unspecified atom stereocenters. The van der Waals surface area contributed by atoms with E-state index in [2.05, 4.69) is 40.0 Å². The molecule has 1 saturated heterocycles. The molecule has 1 aliphatic heterocycles. The Labute approximate surface area is 144 Å². The van der Waals surface area contributed by atoms with Gasteiger partial charge >= 0.3 is 0 Å². The molecule has 128 valence electrons. The summed E-state index contributed by atoms with van der Waals surface area (Å²) >= 11 is 0. The van der Waals surface area contributed by atoms with Gasteiger partial charge in [-0.05, 0) is 81.1 Å². The maximum absolute atomic E-state index is 5.53. The Morgan fingerprint density at radius 1 is 1.21 bits per heavy atom. The van der Waals surface area contributed by atoms with Gasteiger partial charge in [-0.1, -0.05) is 0 Å². The van der Waals surface area contributed by atoms with Crippen molar-refractivity contribution in [1.82, 2.24) is 14.8 Å². The Balaban J connectivity index is 1.32. The molecule has 0 bridgehead atoms. The molecule has 0 N–H and O–H groups in total. The van der Waals surface area contributed by atoms with Gasteiger partial charge in [0.25, 0.3) is 0 Å². The van der Waals surface area contributed by atoms with Gasteiger partial charge in [0.05, 0.1) is 12.8 Å². The molecule has 0 amide bonds. The van der Waals surface area contributed by atoms with Crippen LogP contribution in [0.25, 0.3) is 0 Å². The third-order valence-corrected chi connectivity index (χ3v) is 6.15. The molecule has 0 aromatic carbocycles. The van der Waals surface area contributed by atoms with Gasteiger partial charge in [-0.25, -0.2) is 0 Å². The minimum atomic E-state index is 0.538. The van der Waals surface area contributed by atoms with Crippen LogP contribution in [0.3, 0.4) is 0 Å². The van der Waals surface area contributed by atoms with E-state index in [9.17, 15) is 0 Å². The van der Waals surface area contributed by atoms with Crippen LogP contribution in [-0.4, -0.2) is 41.0 Å². The van der Waals surface area contributed by atoms with Gasteiger partial charge in [0, 0.05) is 25.0 Å². The Morgan fingerprint density at radius 3 is 2.62 bits per heavy atom. The first-order chi connectivity index (χ1) is 11.8. The van der Waals surface area contributed by atoms with Crippen LogP contribution in [0.2, 0.25) is 0 Å². The predicted molar refractivity (Wildman–Crippen MR) is 94.4 cm³/mol. The van der Waals surface area contributed by atoms with Gasteiger partial charge in [0.15, 0.2) is 0 Å². The molecule has 2 aliphatic rings. The van der Waals surface area contributed by atoms with Crippen molar-refractivity contribution in [2.75, 3.05) is 20.1 Å². The van der Waals surface area contributed by atoms with Crippen LogP contribution in [0.1, 0.15) is 37.0 Å². The van der Waals surface area contributed by atoms with Gasteiger partial charge in [-0.3, -0.25) is 14.8 Å². The zero-order valence-corrected chi connectivity index (χ0v) is 14.5. The number of likely N-dealkylation sites (tertiary alicyclic amines) is 1. The number of pyridine rings is 1. The molecule has 2 aromatic rings. The Bertz CT molecular complexity index is 632. The van der Waals surface area contributed by atoms with Crippen molar-refractivity contribution in [3.63, 3.8) is 0 Å². The number of hydrogen-bond donors (Lipinski definition) is 0. The van der Waals surface area contributed by atoms with Crippen molar-refractivity contribution in [1.29, 1.82) is 0 Å². The first kappa shape index (κ1) is 15.9. The highest BCUT2D eigenvalue weighted by Crippen LogP contribution is 2.51. The second-order valence-electron chi connectivity index (χ2n) is 7.54. The molecule has 4 nitrogen and oxygen atoms in total. The summed E-state index contributed by atoms with van der Waals surface area (Å²) in [5.74, 6) is 1.08. The Kier molecular flexibility index (Phi) is 4.42. The van der Waals surface area contributed by atoms with Gasteiger partial charge < -0.3 is 4.42 Å². The van der Waals surface area contributed by atoms with Gasteiger partial charge in [0.1, 0.15) is 5.76 Å². The molecule has 0 radical (unpaired) electrons. The lowest BCUT2D eigenvalue weighted by Crippen LogP contribution is -2.57. The lowest BCUT2D eigenvalue weighted by atomic mass is 9.58. The lowest BCUT2D eigenvalue weighted by Gasteiger charge is -2.57. The fraction of sp³-hybridized carbons (Fsp3) is 0.550. The maximum atomic E-state index is 5.53. The summed E-state index contributed by atoms with van der Waals surface area (Å²) < 4.78 is 5.53. The van der Waals surface area contributed by atoms with E-state index in [-0.39, 0.29) is 0 Å². The van der Waals surface area contributed by atoms with Gasteiger partial charge in [-0.2, -0.15) is 0 Å². The van der Waals surface area contributed by atoms with Crippen LogP contribution < -0.4 is 0 Å². The molecular formula is C20H27N3O. The van der Waals surface area contributed by atoms with E-state index in [4.69, 9.17) is 4.42 Å². The fourth-order valence-corrected chi connectivity index (χ4v) is 4.61. The molecule has 1 saturated carbocycles. The number of hydrogen-bond acceptors (Lipinski definition) is 4. The van der Waals surface area contributed by atoms with Gasteiger partial charge in [0.2, 0.25) is 0 Å². The summed E-state index contributed by atoms with van der Waals surface area (Å²) in [7, 11) is 2.26. The van der Waals surface area contributed by atoms with E-state index < -0.39 is 0 Å². The normalized spacial score (nSPS) is 23.5. The zero-order valence-electron chi connectivity index (χ0n) is 14.5. The number of nitrogens with zero attached hydrogens (tertiary/aromatic N) is 3. The minimum absolute atomic E-state index is 0.538. The van der Waals surface area contributed by atoms with Crippen molar-refractivity contribution in [3.8, 4) is 0 Å². The fourth-order valence-electron chi connectivity index (χ4n) is 4.61. The molecule has 1 spiro atoms. The monoisotopic (exact) mass is 325 g/mol. The molecule has 24 heavy (non-hydrogen) atoms. The molecule has 1 atom stereocenters. The van der Waals surface area contributed by atoms with E-state index in [1.54, 1.807) is 6.26 Å². The van der Waals surface area contributed by atoms with Crippen molar-refractivity contribution >= 4 is 0 Å². The number of furan rings is 1.